The van der Waals surface area contributed by atoms with Crippen LogP contribution in [-0.2, 0) is 25.6 Å². The molecule has 0 unspecified atom stereocenters. The van der Waals surface area contributed by atoms with Gasteiger partial charge in [-0.3, -0.25) is 4.79 Å². The van der Waals surface area contributed by atoms with Crippen LogP contribution in [0.1, 0.15) is 145 Å². The lowest BCUT2D eigenvalue weighted by atomic mass is 9.85. The Labute approximate surface area is 298 Å². The van der Waals surface area contributed by atoms with Crippen molar-refractivity contribution in [2.75, 3.05) is 6.61 Å². The molecule has 0 aliphatic heterocycles. The fourth-order valence-electron chi connectivity index (χ4n) is 6.01. The Balaban J connectivity index is 0.00000736. The number of rotatable bonds is 21. The van der Waals surface area contributed by atoms with Crippen LogP contribution >= 0.6 is 0 Å². The minimum Gasteiger partial charge on any atom is -1.00 e. The summed E-state index contributed by atoms with van der Waals surface area (Å²) in [6, 6.07) is 20.2. The number of benzene rings is 2. The highest BCUT2D eigenvalue weighted by molar-refractivity contribution is 5.94. The zero-order chi connectivity index (χ0) is 32.3. The number of unbranched alkanes of at least 4 members (excludes halogenated alkanes) is 13. The van der Waals surface area contributed by atoms with Crippen molar-refractivity contribution in [1.82, 2.24) is 4.90 Å². The van der Waals surface area contributed by atoms with Gasteiger partial charge in [-0.05, 0) is 53.3 Å². The Morgan fingerprint density at radius 3 is 1.85 bits per heavy atom. The maximum absolute atomic E-state index is 13.6. The number of ether oxygens (including phenoxy) is 1. The normalized spacial score (nSPS) is 11.2. The van der Waals surface area contributed by atoms with Gasteiger partial charge in [0.15, 0.2) is 12.4 Å². The van der Waals surface area contributed by atoms with Crippen LogP contribution in [0.25, 0.3) is 0 Å². The van der Waals surface area contributed by atoms with E-state index in [1.165, 1.54) is 89.0 Å². The molecule has 0 bridgehead atoms. The SMILES string of the molecule is CCCCCCCCCCCCCCCCOc1ccc(CN(Cc2ccc[n+](C)c2)C(=O)c2ccccc2)cc1C(C)(C)C.[I-]. The first-order valence-electron chi connectivity index (χ1n) is 17.8. The van der Waals surface area contributed by atoms with Crippen LogP contribution in [0.15, 0.2) is 73.1 Å². The average Bonchev–Trinajstić information content (AvgIpc) is 3.02. The smallest absolute Gasteiger partial charge is 0.254 e. The molecule has 46 heavy (non-hydrogen) atoms. The van der Waals surface area contributed by atoms with Crippen molar-refractivity contribution < 1.29 is 38.1 Å². The van der Waals surface area contributed by atoms with Crippen LogP contribution in [0.2, 0.25) is 0 Å². The molecule has 0 aliphatic carbocycles. The maximum Gasteiger partial charge on any atom is 0.254 e. The highest BCUT2D eigenvalue weighted by atomic mass is 127. The zero-order valence-corrected chi connectivity index (χ0v) is 31.7. The number of carbonyl (C=O) groups is 1. The Morgan fingerprint density at radius 1 is 0.717 bits per heavy atom. The van der Waals surface area contributed by atoms with Crippen LogP contribution < -0.4 is 33.3 Å². The van der Waals surface area contributed by atoms with E-state index in [0.717, 1.165) is 29.9 Å². The van der Waals surface area contributed by atoms with E-state index in [1.807, 2.05) is 59.1 Å². The number of pyridine rings is 1. The first-order valence-corrected chi connectivity index (χ1v) is 17.8. The Hall–Kier alpha value is -2.41. The van der Waals surface area contributed by atoms with Crippen molar-refractivity contribution in [1.29, 1.82) is 0 Å². The average molecular weight is 741 g/mol. The van der Waals surface area contributed by atoms with Gasteiger partial charge in [-0.2, -0.15) is 0 Å². The molecule has 0 fully saturated rings. The summed E-state index contributed by atoms with van der Waals surface area (Å²) < 4.78 is 8.40. The Kier molecular flexibility index (Phi) is 19.2. The number of amides is 1. The molecule has 1 aromatic heterocycles. The lowest BCUT2D eigenvalue weighted by Gasteiger charge is -2.26. The summed E-state index contributed by atoms with van der Waals surface area (Å²) in [6.07, 6.45) is 23.1. The van der Waals surface area contributed by atoms with Gasteiger partial charge in [0.2, 0.25) is 0 Å². The summed E-state index contributed by atoms with van der Waals surface area (Å²) in [4.78, 5) is 15.6. The second-order valence-electron chi connectivity index (χ2n) is 13.9. The van der Waals surface area contributed by atoms with E-state index in [2.05, 4.69) is 58.2 Å². The quantitative estimate of drug-likeness (QED) is 0.0644. The second kappa shape index (κ2) is 22.2. The topological polar surface area (TPSA) is 33.4 Å². The van der Waals surface area contributed by atoms with E-state index in [4.69, 9.17) is 4.74 Å². The van der Waals surface area contributed by atoms with Gasteiger partial charge in [0, 0.05) is 23.7 Å². The monoisotopic (exact) mass is 740 g/mol. The summed E-state index contributed by atoms with van der Waals surface area (Å²) in [5.41, 5.74) is 4.06. The molecule has 0 N–H and O–H groups in total. The number of aryl methyl sites for hydroxylation is 1. The third-order valence-corrected chi connectivity index (χ3v) is 8.66. The predicted molar refractivity (Wildman–Crippen MR) is 189 cm³/mol. The molecule has 0 saturated heterocycles. The van der Waals surface area contributed by atoms with E-state index < -0.39 is 0 Å². The van der Waals surface area contributed by atoms with Crippen molar-refractivity contribution in [2.24, 2.45) is 7.05 Å². The van der Waals surface area contributed by atoms with Crippen molar-refractivity contribution >= 4 is 5.91 Å². The van der Waals surface area contributed by atoms with Gasteiger partial charge >= 0.3 is 0 Å². The van der Waals surface area contributed by atoms with E-state index in [-0.39, 0.29) is 35.3 Å². The van der Waals surface area contributed by atoms with Crippen molar-refractivity contribution in [3.63, 3.8) is 0 Å². The summed E-state index contributed by atoms with van der Waals surface area (Å²) in [5.74, 6) is 1.01. The zero-order valence-electron chi connectivity index (χ0n) is 29.5. The van der Waals surface area contributed by atoms with E-state index in [1.54, 1.807) is 0 Å². The largest absolute Gasteiger partial charge is 1.00 e. The van der Waals surface area contributed by atoms with Crippen LogP contribution in [0.3, 0.4) is 0 Å². The number of aromatic nitrogens is 1. The van der Waals surface area contributed by atoms with Crippen LogP contribution in [-0.4, -0.2) is 17.4 Å². The van der Waals surface area contributed by atoms with Gasteiger partial charge in [0.05, 0.1) is 13.2 Å². The number of nitrogens with zero attached hydrogens (tertiary/aromatic N) is 2. The first-order chi connectivity index (χ1) is 21.8. The summed E-state index contributed by atoms with van der Waals surface area (Å²) in [6.45, 7) is 10.8. The second-order valence-corrected chi connectivity index (χ2v) is 13.9. The molecular formula is C41H61IN2O2. The van der Waals surface area contributed by atoms with E-state index in [9.17, 15) is 4.79 Å². The summed E-state index contributed by atoms with van der Waals surface area (Å²) in [5, 5.41) is 0. The van der Waals surface area contributed by atoms with Gasteiger partial charge in [0.1, 0.15) is 12.8 Å². The highest BCUT2D eigenvalue weighted by Crippen LogP contribution is 2.33. The minimum atomic E-state index is -0.0672. The fraction of sp³-hybridized carbons (Fsp3) is 0.561. The van der Waals surface area contributed by atoms with Crippen molar-refractivity contribution in [3.8, 4) is 5.75 Å². The van der Waals surface area contributed by atoms with Gasteiger partial charge in [0.25, 0.3) is 5.91 Å². The molecule has 0 aliphatic rings. The highest BCUT2D eigenvalue weighted by Gasteiger charge is 2.22. The Morgan fingerprint density at radius 2 is 1.28 bits per heavy atom. The fourth-order valence-corrected chi connectivity index (χ4v) is 6.01. The number of halogens is 1. The number of hydrogen-bond acceptors (Lipinski definition) is 2. The van der Waals surface area contributed by atoms with Crippen LogP contribution in [0.4, 0.5) is 0 Å². The molecule has 5 heteroatoms. The lowest BCUT2D eigenvalue weighted by molar-refractivity contribution is -0.672. The molecule has 1 amide bonds. The molecular weight excluding hydrogens is 679 g/mol. The molecule has 0 atom stereocenters. The lowest BCUT2D eigenvalue weighted by Crippen LogP contribution is -3.00. The molecule has 4 nitrogen and oxygen atoms in total. The third-order valence-electron chi connectivity index (χ3n) is 8.66. The first kappa shape index (κ1) is 39.8. The molecule has 1 heterocycles. The van der Waals surface area contributed by atoms with Gasteiger partial charge in [-0.1, -0.05) is 135 Å². The van der Waals surface area contributed by atoms with Crippen molar-refractivity contribution in [3.05, 3.63) is 95.3 Å². The molecule has 0 radical (unpaired) electrons. The van der Waals surface area contributed by atoms with Crippen LogP contribution in [0, 0.1) is 0 Å². The standard InChI is InChI=1S/C41H61N2O2.HI/c1-6-7-8-9-10-11-12-13-14-15-16-17-18-22-30-45-39-28-27-35(31-38(39)41(2,3)4)33-43(34-36-24-23-29-42(5)32-36)40(44)37-25-20-19-21-26-37;/h19-21,23-29,31-32H,6-18,22,30,33-34H2,1-5H3;1H/q+1;/p-1. The molecule has 0 spiro atoms. The summed E-state index contributed by atoms with van der Waals surface area (Å²) in [7, 11) is 2.01. The van der Waals surface area contributed by atoms with Crippen molar-refractivity contribution in [2.45, 2.75) is 136 Å². The number of carbonyl (C=O) groups excluding carboxylic acids is 1. The minimum absolute atomic E-state index is 0. The molecule has 3 aromatic rings. The van der Waals surface area contributed by atoms with Gasteiger partial charge in [-0.25, -0.2) is 4.57 Å². The molecule has 0 saturated carbocycles. The maximum atomic E-state index is 13.6. The molecule has 3 rings (SSSR count). The molecule has 2 aromatic carbocycles. The van der Waals surface area contributed by atoms with E-state index in [0.29, 0.717) is 18.7 Å². The summed E-state index contributed by atoms with van der Waals surface area (Å²) >= 11 is 0. The number of hydrogen-bond donors (Lipinski definition) is 0. The van der Waals surface area contributed by atoms with Gasteiger partial charge in [-0.15, -0.1) is 0 Å². The Bertz CT molecular complexity index is 1250. The third kappa shape index (κ3) is 15.0. The van der Waals surface area contributed by atoms with Crippen LogP contribution in [0.5, 0.6) is 5.75 Å². The predicted octanol–water partition coefficient (Wildman–Crippen LogP) is 7.52. The molecule has 254 valence electrons. The van der Waals surface area contributed by atoms with Gasteiger partial charge < -0.3 is 33.6 Å². The van der Waals surface area contributed by atoms with E-state index >= 15 is 0 Å².